The highest BCUT2D eigenvalue weighted by atomic mass is 35.5. The summed E-state index contributed by atoms with van der Waals surface area (Å²) in [4.78, 5) is 1.45. The first-order chi connectivity index (χ1) is 7.84. The Morgan fingerprint density at radius 2 is 2.25 bits per heavy atom. The van der Waals surface area contributed by atoms with E-state index in [1.807, 2.05) is 23.5 Å². The fourth-order valence-electron chi connectivity index (χ4n) is 2.28. The second-order valence-corrected chi connectivity index (χ2v) is 5.43. The van der Waals surface area contributed by atoms with Crippen molar-refractivity contribution in [1.82, 2.24) is 0 Å². The van der Waals surface area contributed by atoms with E-state index in [1.54, 1.807) is 0 Å². The zero-order chi connectivity index (χ0) is 11.0. The zero-order valence-corrected chi connectivity index (χ0v) is 10.3. The van der Waals surface area contributed by atoms with E-state index in [4.69, 9.17) is 11.6 Å². The summed E-state index contributed by atoms with van der Waals surface area (Å²) in [5, 5.41) is 6.37. The van der Waals surface area contributed by atoms with Crippen molar-refractivity contribution >= 4 is 28.6 Å². The van der Waals surface area contributed by atoms with E-state index in [2.05, 4.69) is 28.9 Å². The number of hydrogen-bond donors (Lipinski definition) is 1. The number of rotatable bonds is 1. The third kappa shape index (κ3) is 1.72. The molecule has 0 radical (unpaired) electrons. The first kappa shape index (κ1) is 10.2. The summed E-state index contributed by atoms with van der Waals surface area (Å²) >= 11 is 7.85. The van der Waals surface area contributed by atoms with Gasteiger partial charge in [-0.2, -0.15) is 0 Å². The number of thiophene rings is 1. The molecule has 0 amide bonds. The quantitative estimate of drug-likeness (QED) is 0.792. The molecule has 1 N–H and O–H groups in total. The van der Waals surface area contributed by atoms with E-state index < -0.39 is 0 Å². The summed E-state index contributed by atoms with van der Waals surface area (Å²) in [6.45, 7) is 1.02. The first-order valence-corrected chi connectivity index (χ1v) is 6.67. The Balaban J connectivity index is 2.06. The van der Waals surface area contributed by atoms with Crippen molar-refractivity contribution in [3.05, 3.63) is 51.2 Å². The number of benzene rings is 1. The van der Waals surface area contributed by atoms with Gasteiger partial charge in [0.15, 0.2) is 0 Å². The van der Waals surface area contributed by atoms with Gasteiger partial charge in [0.2, 0.25) is 0 Å². The molecule has 82 valence electrons. The lowest BCUT2D eigenvalue weighted by atomic mass is 9.90. The van der Waals surface area contributed by atoms with Gasteiger partial charge in [-0.15, -0.1) is 11.3 Å². The topological polar surface area (TPSA) is 12.0 Å². The summed E-state index contributed by atoms with van der Waals surface area (Å²) in [6, 6.07) is 10.5. The molecule has 1 unspecified atom stereocenters. The summed E-state index contributed by atoms with van der Waals surface area (Å²) in [7, 11) is 0. The second-order valence-electron chi connectivity index (χ2n) is 4.02. The second kappa shape index (κ2) is 4.11. The van der Waals surface area contributed by atoms with Gasteiger partial charge in [0, 0.05) is 28.0 Å². The fourth-order valence-corrected chi connectivity index (χ4v) is 3.33. The average molecular weight is 250 g/mol. The third-order valence-corrected chi connectivity index (χ3v) is 4.25. The van der Waals surface area contributed by atoms with Crippen LogP contribution in [0.15, 0.2) is 35.7 Å². The summed E-state index contributed by atoms with van der Waals surface area (Å²) in [5.41, 5.74) is 2.57. The third-order valence-electron chi connectivity index (χ3n) is 3.03. The van der Waals surface area contributed by atoms with E-state index in [0.717, 1.165) is 18.0 Å². The minimum Gasteiger partial charge on any atom is -0.385 e. The zero-order valence-electron chi connectivity index (χ0n) is 8.74. The van der Waals surface area contributed by atoms with Crippen LogP contribution in [0, 0.1) is 0 Å². The van der Waals surface area contributed by atoms with Crippen molar-refractivity contribution in [2.24, 2.45) is 0 Å². The molecule has 0 aliphatic carbocycles. The molecule has 0 saturated carbocycles. The van der Waals surface area contributed by atoms with Crippen molar-refractivity contribution in [3.63, 3.8) is 0 Å². The van der Waals surface area contributed by atoms with E-state index in [1.165, 1.54) is 16.1 Å². The molecule has 1 atom stereocenters. The Bertz CT molecular complexity index is 493. The van der Waals surface area contributed by atoms with Crippen LogP contribution >= 0.6 is 22.9 Å². The van der Waals surface area contributed by atoms with Crippen molar-refractivity contribution in [1.29, 1.82) is 0 Å². The Kier molecular flexibility index (Phi) is 2.62. The van der Waals surface area contributed by atoms with Crippen LogP contribution in [0.3, 0.4) is 0 Å². The van der Waals surface area contributed by atoms with Gasteiger partial charge in [0.1, 0.15) is 0 Å². The molecule has 1 aromatic carbocycles. The molecule has 3 rings (SSSR count). The average Bonchev–Trinajstić information content (AvgIpc) is 2.81. The molecule has 0 bridgehead atoms. The molecule has 2 heterocycles. The molecule has 16 heavy (non-hydrogen) atoms. The van der Waals surface area contributed by atoms with Crippen LogP contribution in [0.25, 0.3) is 0 Å². The number of fused-ring (bicyclic) bond motifs is 1. The minimum absolute atomic E-state index is 0.536. The lowest BCUT2D eigenvalue weighted by molar-refractivity contribution is 0.731. The fraction of sp³-hybridized carbons (Fsp3) is 0.231. The molecule has 0 spiro atoms. The monoisotopic (exact) mass is 249 g/mol. The van der Waals surface area contributed by atoms with Crippen LogP contribution in [-0.4, -0.2) is 6.54 Å². The predicted octanol–water partition coefficient (Wildman–Crippen LogP) is 4.35. The maximum atomic E-state index is 6.01. The van der Waals surface area contributed by atoms with E-state index in [-0.39, 0.29) is 0 Å². The maximum Gasteiger partial charge on any atom is 0.0426 e. The molecule has 1 aromatic heterocycles. The number of anilines is 1. The van der Waals surface area contributed by atoms with Crippen molar-refractivity contribution in [2.75, 3.05) is 11.9 Å². The number of halogens is 1. The van der Waals surface area contributed by atoms with Gasteiger partial charge in [0.25, 0.3) is 0 Å². The molecule has 1 aliphatic rings. The van der Waals surface area contributed by atoms with Gasteiger partial charge in [-0.1, -0.05) is 23.7 Å². The molecule has 2 aromatic rings. The van der Waals surface area contributed by atoms with Crippen molar-refractivity contribution in [2.45, 2.75) is 12.3 Å². The molecule has 3 heteroatoms. The highest BCUT2D eigenvalue weighted by molar-refractivity contribution is 7.10. The van der Waals surface area contributed by atoms with Crippen LogP contribution in [0.2, 0.25) is 5.02 Å². The predicted molar refractivity (Wildman–Crippen MR) is 70.7 cm³/mol. The molecular formula is C13H12ClNS. The van der Waals surface area contributed by atoms with Crippen LogP contribution in [0.4, 0.5) is 5.69 Å². The Hall–Kier alpha value is -0.990. The van der Waals surface area contributed by atoms with Crippen LogP contribution in [0.1, 0.15) is 22.8 Å². The normalized spacial score (nSPS) is 18.9. The van der Waals surface area contributed by atoms with Gasteiger partial charge < -0.3 is 5.32 Å². The standard InChI is InChI=1S/C13H12ClNS/c14-9-3-4-10-11(13-2-1-7-16-13)5-6-15-12(10)8-9/h1-4,7-8,11,15H,5-6H2. The number of nitrogens with one attached hydrogen (secondary N) is 1. The van der Waals surface area contributed by atoms with Gasteiger partial charge in [0.05, 0.1) is 0 Å². The van der Waals surface area contributed by atoms with Gasteiger partial charge in [-0.3, -0.25) is 0 Å². The highest BCUT2D eigenvalue weighted by Crippen LogP contribution is 2.39. The van der Waals surface area contributed by atoms with E-state index >= 15 is 0 Å². The smallest absolute Gasteiger partial charge is 0.0426 e. The first-order valence-electron chi connectivity index (χ1n) is 5.41. The molecule has 1 aliphatic heterocycles. The molecule has 0 fully saturated rings. The maximum absolute atomic E-state index is 6.01. The molecule has 0 saturated heterocycles. The summed E-state index contributed by atoms with van der Waals surface area (Å²) in [6.07, 6.45) is 1.16. The summed E-state index contributed by atoms with van der Waals surface area (Å²) < 4.78 is 0. The van der Waals surface area contributed by atoms with E-state index in [9.17, 15) is 0 Å². The SMILES string of the molecule is Clc1ccc2c(c1)NCCC2c1cccs1. The highest BCUT2D eigenvalue weighted by Gasteiger charge is 2.22. The van der Waals surface area contributed by atoms with Gasteiger partial charge in [-0.25, -0.2) is 0 Å². The Labute approximate surface area is 104 Å². The molecule has 1 nitrogen and oxygen atoms in total. The Morgan fingerprint density at radius 1 is 1.31 bits per heavy atom. The minimum atomic E-state index is 0.536. The molecular weight excluding hydrogens is 238 g/mol. The van der Waals surface area contributed by atoms with Crippen LogP contribution < -0.4 is 5.32 Å². The largest absolute Gasteiger partial charge is 0.385 e. The summed E-state index contributed by atoms with van der Waals surface area (Å²) in [5.74, 6) is 0.536. The van der Waals surface area contributed by atoms with Gasteiger partial charge in [-0.05, 0) is 35.6 Å². The van der Waals surface area contributed by atoms with Gasteiger partial charge >= 0.3 is 0 Å². The van der Waals surface area contributed by atoms with E-state index in [0.29, 0.717) is 5.92 Å². The lowest BCUT2D eigenvalue weighted by Gasteiger charge is -2.26. The van der Waals surface area contributed by atoms with Crippen molar-refractivity contribution < 1.29 is 0 Å². The van der Waals surface area contributed by atoms with Crippen molar-refractivity contribution in [3.8, 4) is 0 Å². The lowest BCUT2D eigenvalue weighted by Crippen LogP contribution is -2.16. The van der Waals surface area contributed by atoms with Crippen LogP contribution in [0.5, 0.6) is 0 Å². The number of hydrogen-bond acceptors (Lipinski definition) is 2. The van der Waals surface area contributed by atoms with Crippen LogP contribution in [-0.2, 0) is 0 Å². The Morgan fingerprint density at radius 3 is 3.06 bits per heavy atom.